The minimum atomic E-state index is -0.122. The molecule has 1 unspecified atom stereocenters. The van der Waals surface area contributed by atoms with E-state index in [4.69, 9.17) is 4.74 Å². The van der Waals surface area contributed by atoms with Gasteiger partial charge in [0, 0.05) is 13.7 Å². The molecule has 1 fully saturated rings. The van der Waals surface area contributed by atoms with Crippen molar-refractivity contribution in [2.45, 2.75) is 18.4 Å². The van der Waals surface area contributed by atoms with Gasteiger partial charge in [0.2, 0.25) is 0 Å². The number of hydrogen-bond donors (Lipinski definition) is 2. The summed E-state index contributed by atoms with van der Waals surface area (Å²) in [6.45, 7) is 2.15. The van der Waals surface area contributed by atoms with Gasteiger partial charge < -0.3 is 15.4 Å². The summed E-state index contributed by atoms with van der Waals surface area (Å²) < 4.78 is 8.88. The van der Waals surface area contributed by atoms with E-state index in [-0.39, 0.29) is 23.9 Å². The number of nitrogens with zero attached hydrogens (tertiary/aromatic N) is 2. The predicted molar refractivity (Wildman–Crippen MR) is 71.3 cm³/mol. The molecule has 1 aliphatic heterocycles. The van der Waals surface area contributed by atoms with Crippen LogP contribution < -0.4 is 10.6 Å². The van der Waals surface area contributed by atoms with E-state index in [1.807, 2.05) is 0 Å². The highest BCUT2D eigenvalue weighted by atomic mass is 35.5. The summed E-state index contributed by atoms with van der Waals surface area (Å²) >= 11 is 1.10. The first kappa shape index (κ1) is 15.3. The van der Waals surface area contributed by atoms with Crippen molar-refractivity contribution in [3.8, 4) is 0 Å². The van der Waals surface area contributed by atoms with Gasteiger partial charge in [0.15, 0.2) is 0 Å². The molecule has 6 nitrogen and oxygen atoms in total. The van der Waals surface area contributed by atoms with Gasteiger partial charge in [-0.25, -0.2) is 0 Å². The van der Waals surface area contributed by atoms with Gasteiger partial charge in [0.25, 0.3) is 5.91 Å². The molecule has 18 heavy (non-hydrogen) atoms. The van der Waals surface area contributed by atoms with E-state index in [0.717, 1.165) is 30.9 Å². The third-order valence-corrected chi connectivity index (χ3v) is 3.59. The highest BCUT2D eigenvalue weighted by Gasteiger charge is 2.33. The molecular weight excluding hydrogens is 276 g/mol. The van der Waals surface area contributed by atoms with Crippen LogP contribution in [0.25, 0.3) is 0 Å². The number of ether oxygens (including phenoxy) is 1. The van der Waals surface area contributed by atoms with Crippen molar-refractivity contribution >= 4 is 29.8 Å². The summed E-state index contributed by atoms with van der Waals surface area (Å²) in [5.74, 6) is -0.121. The zero-order chi connectivity index (χ0) is 12.1. The average Bonchev–Trinajstić information content (AvgIpc) is 2.98. The maximum atomic E-state index is 11.8. The molecule has 1 atom stereocenters. The normalized spacial score (nSPS) is 22.5. The van der Waals surface area contributed by atoms with Gasteiger partial charge in [-0.05, 0) is 30.9 Å². The second-order valence-corrected chi connectivity index (χ2v) is 4.99. The van der Waals surface area contributed by atoms with Gasteiger partial charge in [0.05, 0.1) is 18.3 Å². The molecule has 2 rings (SSSR count). The molecule has 1 aromatic heterocycles. The fraction of sp³-hybridized carbons (Fsp3) is 0.700. The highest BCUT2D eigenvalue weighted by Crippen LogP contribution is 2.19. The molecule has 1 aliphatic rings. The monoisotopic (exact) mass is 292 g/mol. The van der Waals surface area contributed by atoms with Crippen molar-refractivity contribution in [3.63, 3.8) is 0 Å². The highest BCUT2D eigenvalue weighted by molar-refractivity contribution is 7.07. The van der Waals surface area contributed by atoms with Crippen LogP contribution in [0.3, 0.4) is 0 Å². The van der Waals surface area contributed by atoms with Crippen LogP contribution in [0.2, 0.25) is 0 Å². The number of amides is 1. The van der Waals surface area contributed by atoms with Crippen LogP contribution in [0.15, 0.2) is 6.20 Å². The molecule has 102 valence electrons. The molecule has 8 heteroatoms. The van der Waals surface area contributed by atoms with Crippen molar-refractivity contribution in [3.05, 3.63) is 11.1 Å². The molecule has 0 radical (unpaired) electrons. The summed E-state index contributed by atoms with van der Waals surface area (Å²) in [6.07, 6.45) is 3.61. The third kappa shape index (κ3) is 3.61. The Balaban J connectivity index is 0.00000162. The number of nitrogens with one attached hydrogen (secondary N) is 2. The maximum absolute atomic E-state index is 11.8. The Labute approximate surface area is 116 Å². The second-order valence-electron chi connectivity index (χ2n) is 4.21. The third-order valence-electron chi connectivity index (χ3n) is 2.93. The van der Waals surface area contributed by atoms with Crippen molar-refractivity contribution in [2.75, 3.05) is 26.8 Å². The Morgan fingerprint density at radius 1 is 1.72 bits per heavy atom. The lowest BCUT2D eigenvalue weighted by Crippen LogP contribution is -2.52. The van der Waals surface area contributed by atoms with Gasteiger partial charge in [0.1, 0.15) is 4.88 Å². The first-order valence-corrected chi connectivity index (χ1v) is 6.33. The van der Waals surface area contributed by atoms with Crippen LogP contribution in [0, 0.1) is 0 Å². The first-order valence-electron chi connectivity index (χ1n) is 5.55. The summed E-state index contributed by atoms with van der Waals surface area (Å²) in [6, 6.07) is 0. The number of rotatable bonds is 5. The number of carbonyl (C=O) groups is 1. The molecule has 0 aromatic carbocycles. The van der Waals surface area contributed by atoms with Crippen LogP contribution >= 0.6 is 23.9 Å². The summed E-state index contributed by atoms with van der Waals surface area (Å²) in [4.78, 5) is 12.3. The topological polar surface area (TPSA) is 76.1 Å². The van der Waals surface area contributed by atoms with E-state index in [1.165, 1.54) is 6.20 Å². The molecule has 1 aromatic rings. The predicted octanol–water partition coefficient (Wildman–Crippen LogP) is 0.458. The Morgan fingerprint density at radius 2 is 2.56 bits per heavy atom. The molecule has 0 saturated carbocycles. The number of hydrogen-bond acceptors (Lipinski definition) is 6. The lowest BCUT2D eigenvalue weighted by molar-refractivity contribution is 0.0895. The summed E-state index contributed by atoms with van der Waals surface area (Å²) in [5.41, 5.74) is -0.122. The van der Waals surface area contributed by atoms with Crippen LogP contribution in [0.4, 0.5) is 0 Å². The fourth-order valence-electron chi connectivity index (χ4n) is 2.07. The zero-order valence-electron chi connectivity index (χ0n) is 10.1. The molecule has 0 spiro atoms. The largest absolute Gasteiger partial charge is 0.383 e. The Kier molecular flexibility index (Phi) is 5.94. The van der Waals surface area contributed by atoms with E-state index in [1.54, 1.807) is 7.11 Å². The van der Waals surface area contributed by atoms with Gasteiger partial charge in [-0.15, -0.1) is 17.5 Å². The van der Waals surface area contributed by atoms with E-state index in [2.05, 4.69) is 20.2 Å². The lowest BCUT2D eigenvalue weighted by atomic mass is 9.98. The van der Waals surface area contributed by atoms with Crippen LogP contribution in [0.5, 0.6) is 0 Å². The summed E-state index contributed by atoms with van der Waals surface area (Å²) in [7, 11) is 1.68. The second kappa shape index (κ2) is 6.98. The SMILES string of the molecule is COCC1(CNC(=O)c2cnns2)CCCN1.Cl. The van der Waals surface area contributed by atoms with Gasteiger partial charge in [-0.2, -0.15) is 0 Å². The minimum Gasteiger partial charge on any atom is -0.383 e. The van der Waals surface area contributed by atoms with Crippen molar-refractivity contribution < 1.29 is 9.53 Å². The zero-order valence-corrected chi connectivity index (χ0v) is 11.8. The van der Waals surface area contributed by atoms with E-state index < -0.39 is 0 Å². The van der Waals surface area contributed by atoms with Gasteiger partial charge in [-0.3, -0.25) is 4.79 Å². The standard InChI is InChI=1S/C10H16N4O2S.ClH/c1-16-7-10(3-2-4-12-10)6-11-9(15)8-5-13-14-17-8;/h5,12H,2-4,6-7H2,1H3,(H,11,15);1H. The van der Waals surface area contributed by atoms with Crippen molar-refractivity contribution in [1.82, 2.24) is 20.2 Å². The van der Waals surface area contributed by atoms with E-state index >= 15 is 0 Å². The van der Waals surface area contributed by atoms with Gasteiger partial charge in [-0.1, -0.05) is 4.49 Å². The fourth-order valence-corrected chi connectivity index (χ4v) is 2.51. The number of aromatic nitrogens is 2. The Bertz CT molecular complexity index is 368. The van der Waals surface area contributed by atoms with Gasteiger partial charge >= 0.3 is 0 Å². The van der Waals surface area contributed by atoms with E-state index in [9.17, 15) is 4.79 Å². The molecule has 2 N–H and O–H groups in total. The number of halogens is 1. The minimum absolute atomic E-state index is 0. The van der Waals surface area contributed by atoms with Crippen molar-refractivity contribution in [1.29, 1.82) is 0 Å². The lowest BCUT2D eigenvalue weighted by Gasteiger charge is -2.28. The maximum Gasteiger partial charge on any atom is 0.264 e. The smallest absolute Gasteiger partial charge is 0.264 e. The molecule has 1 saturated heterocycles. The molecule has 1 amide bonds. The van der Waals surface area contributed by atoms with E-state index in [0.29, 0.717) is 18.0 Å². The van der Waals surface area contributed by atoms with Crippen molar-refractivity contribution in [2.24, 2.45) is 0 Å². The quantitative estimate of drug-likeness (QED) is 0.824. The van der Waals surface area contributed by atoms with Crippen LogP contribution in [0.1, 0.15) is 22.5 Å². The van der Waals surface area contributed by atoms with Crippen LogP contribution in [-0.4, -0.2) is 47.8 Å². The first-order chi connectivity index (χ1) is 8.26. The number of methoxy groups -OCH3 is 1. The Hall–Kier alpha value is -0.760. The Morgan fingerprint density at radius 3 is 3.11 bits per heavy atom. The molecule has 0 aliphatic carbocycles. The summed E-state index contributed by atoms with van der Waals surface area (Å²) in [5, 5.41) is 9.95. The number of carbonyl (C=O) groups excluding carboxylic acids is 1. The van der Waals surface area contributed by atoms with Crippen LogP contribution in [-0.2, 0) is 4.74 Å². The molecule has 0 bridgehead atoms. The molecule has 2 heterocycles. The molecular formula is C10H17ClN4O2S. The average molecular weight is 293 g/mol.